The van der Waals surface area contributed by atoms with Gasteiger partial charge in [-0.05, 0) is 55.9 Å². The second kappa shape index (κ2) is 4.38. The SMILES string of the molecule is Cc1ccc(OCC(N)(C#N)C2CC2)cc1C. The van der Waals surface area contributed by atoms with Crippen LogP contribution < -0.4 is 10.5 Å². The molecule has 1 fully saturated rings. The van der Waals surface area contributed by atoms with E-state index in [2.05, 4.69) is 13.0 Å². The minimum absolute atomic E-state index is 0.274. The number of nitrogens with zero attached hydrogens (tertiary/aromatic N) is 1. The molecule has 1 aliphatic rings. The maximum absolute atomic E-state index is 9.12. The van der Waals surface area contributed by atoms with E-state index < -0.39 is 5.54 Å². The first-order valence-electron chi connectivity index (χ1n) is 5.95. The van der Waals surface area contributed by atoms with Crippen molar-refractivity contribution in [1.82, 2.24) is 0 Å². The van der Waals surface area contributed by atoms with Crippen LogP contribution in [-0.4, -0.2) is 12.1 Å². The van der Waals surface area contributed by atoms with Crippen LogP contribution in [0.5, 0.6) is 5.75 Å². The second-order valence-electron chi connectivity index (χ2n) is 4.96. The van der Waals surface area contributed by atoms with E-state index in [1.165, 1.54) is 11.1 Å². The monoisotopic (exact) mass is 230 g/mol. The molecule has 2 rings (SSSR count). The van der Waals surface area contributed by atoms with Gasteiger partial charge in [0.25, 0.3) is 0 Å². The molecule has 3 heteroatoms. The van der Waals surface area contributed by atoms with Gasteiger partial charge in [0.2, 0.25) is 0 Å². The Bertz CT molecular complexity index is 460. The van der Waals surface area contributed by atoms with Crippen LogP contribution in [0, 0.1) is 31.1 Å². The van der Waals surface area contributed by atoms with Crippen molar-refractivity contribution >= 4 is 0 Å². The lowest BCUT2D eigenvalue weighted by atomic mass is 9.98. The van der Waals surface area contributed by atoms with Gasteiger partial charge in [0.05, 0.1) is 6.07 Å². The summed E-state index contributed by atoms with van der Waals surface area (Å²) in [6, 6.07) is 8.12. The molecule has 1 aromatic rings. The molecule has 0 aromatic heterocycles. The van der Waals surface area contributed by atoms with E-state index in [9.17, 15) is 0 Å². The predicted octanol–water partition coefficient (Wildman–Crippen LogP) is 2.31. The van der Waals surface area contributed by atoms with Crippen LogP contribution in [0.3, 0.4) is 0 Å². The normalized spacial score (nSPS) is 18.2. The molecular formula is C14H18N2O. The largest absolute Gasteiger partial charge is 0.491 e. The fraction of sp³-hybridized carbons (Fsp3) is 0.500. The molecule has 0 bridgehead atoms. The highest BCUT2D eigenvalue weighted by atomic mass is 16.5. The van der Waals surface area contributed by atoms with Crippen molar-refractivity contribution in [3.63, 3.8) is 0 Å². The standard InChI is InChI=1S/C14H18N2O/c1-10-3-6-13(7-11(10)2)17-9-14(16,8-15)12-4-5-12/h3,6-7,12H,4-5,9,16H2,1-2H3. The molecule has 1 aromatic carbocycles. The van der Waals surface area contributed by atoms with Gasteiger partial charge in [-0.25, -0.2) is 0 Å². The third-order valence-electron chi connectivity index (χ3n) is 3.47. The maximum atomic E-state index is 9.12. The molecule has 17 heavy (non-hydrogen) atoms. The Morgan fingerprint density at radius 3 is 2.65 bits per heavy atom. The molecule has 1 aliphatic carbocycles. The zero-order chi connectivity index (χ0) is 12.5. The van der Waals surface area contributed by atoms with E-state index in [1.54, 1.807) is 0 Å². The van der Waals surface area contributed by atoms with Crippen LogP contribution in [0.25, 0.3) is 0 Å². The molecular weight excluding hydrogens is 212 g/mol. The quantitative estimate of drug-likeness (QED) is 0.863. The molecule has 0 radical (unpaired) electrons. The number of nitriles is 1. The van der Waals surface area contributed by atoms with Crippen LogP contribution in [-0.2, 0) is 0 Å². The number of hydrogen-bond donors (Lipinski definition) is 1. The Hall–Kier alpha value is -1.53. The van der Waals surface area contributed by atoms with Crippen molar-refractivity contribution in [2.45, 2.75) is 32.2 Å². The smallest absolute Gasteiger partial charge is 0.141 e. The van der Waals surface area contributed by atoms with Crippen molar-refractivity contribution < 1.29 is 4.74 Å². The summed E-state index contributed by atoms with van der Waals surface area (Å²) in [4.78, 5) is 0. The number of nitrogens with two attached hydrogens (primary N) is 1. The first-order chi connectivity index (χ1) is 8.05. The molecule has 0 heterocycles. The van der Waals surface area contributed by atoms with Crippen LogP contribution >= 0.6 is 0 Å². The molecule has 3 nitrogen and oxygen atoms in total. The molecule has 0 amide bonds. The summed E-state index contributed by atoms with van der Waals surface area (Å²) in [5.41, 5.74) is 7.64. The first-order valence-corrected chi connectivity index (χ1v) is 5.95. The van der Waals surface area contributed by atoms with E-state index in [-0.39, 0.29) is 6.61 Å². The number of aryl methyl sites for hydroxylation is 2. The maximum Gasteiger partial charge on any atom is 0.141 e. The fourth-order valence-corrected chi connectivity index (χ4v) is 1.85. The first kappa shape index (κ1) is 11.9. The van der Waals surface area contributed by atoms with Crippen LogP contribution in [0.4, 0.5) is 0 Å². The van der Waals surface area contributed by atoms with Gasteiger partial charge in [-0.15, -0.1) is 0 Å². The lowest BCUT2D eigenvalue weighted by Gasteiger charge is -2.21. The average Bonchev–Trinajstić information content (AvgIpc) is 3.14. The van der Waals surface area contributed by atoms with Gasteiger partial charge >= 0.3 is 0 Å². The summed E-state index contributed by atoms with van der Waals surface area (Å²) in [5.74, 6) is 1.10. The van der Waals surface area contributed by atoms with Gasteiger partial charge < -0.3 is 10.5 Å². The number of ether oxygens (including phenoxy) is 1. The van der Waals surface area contributed by atoms with E-state index in [0.29, 0.717) is 5.92 Å². The lowest BCUT2D eigenvalue weighted by molar-refractivity contribution is 0.237. The Labute approximate surface area is 102 Å². The molecule has 0 aliphatic heterocycles. The lowest BCUT2D eigenvalue weighted by Crippen LogP contribution is -2.46. The van der Waals surface area contributed by atoms with Crippen molar-refractivity contribution in [1.29, 1.82) is 5.26 Å². The predicted molar refractivity (Wildman–Crippen MR) is 66.7 cm³/mol. The molecule has 1 unspecified atom stereocenters. The van der Waals surface area contributed by atoms with Crippen molar-refractivity contribution in [3.8, 4) is 11.8 Å². The topological polar surface area (TPSA) is 59.0 Å². The Balaban J connectivity index is 2.02. The number of benzene rings is 1. The van der Waals surface area contributed by atoms with Gasteiger partial charge in [-0.3, -0.25) is 0 Å². The van der Waals surface area contributed by atoms with Crippen molar-refractivity contribution in [2.24, 2.45) is 11.7 Å². The summed E-state index contributed by atoms with van der Waals surface area (Å²) in [5, 5.41) is 9.12. The van der Waals surface area contributed by atoms with Crippen LogP contribution in [0.2, 0.25) is 0 Å². The summed E-state index contributed by atoms with van der Waals surface area (Å²) < 4.78 is 5.65. The zero-order valence-electron chi connectivity index (χ0n) is 10.4. The summed E-state index contributed by atoms with van der Waals surface area (Å²) >= 11 is 0. The van der Waals surface area contributed by atoms with Crippen molar-refractivity contribution in [2.75, 3.05) is 6.61 Å². The Morgan fingerprint density at radius 2 is 2.12 bits per heavy atom. The molecule has 1 atom stereocenters. The number of hydrogen-bond acceptors (Lipinski definition) is 3. The van der Waals surface area contributed by atoms with Crippen LogP contribution in [0.1, 0.15) is 24.0 Å². The van der Waals surface area contributed by atoms with E-state index in [0.717, 1.165) is 18.6 Å². The van der Waals surface area contributed by atoms with Gasteiger partial charge in [-0.1, -0.05) is 6.07 Å². The highest BCUT2D eigenvalue weighted by Crippen LogP contribution is 2.38. The fourth-order valence-electron chi connectivity index (χ4n) is 1.85. The molecule has 2 N–H and O–H groups in total. The molecule has 0 saturated heterocycles. The van der Waals surface area contributed by atoms with Crippen molar-refractivity contribution in [3.05, 3.63) is 29.3 Å². The summed E-state index contributed by atoms with van der Waals surface area (Å²) in [6.45, 7) is 4.38. The van der Waals surface area contributed by atoms with Gasteiger partial charge in [-0.2, -0.15) is 5.26 Å². The summed E-state index contributed by atoms with van der Waals surface area (Å²) in [7, 11) is 0. The Kier molecular flexibility index (Phi) is 3.08. The molecule has 1 saturated carbocycles. The summed E-state index contributed by atoms with van der Waals surface area (Å²) in [6.07, 6.45) is 2.08. The highest BCUT2D eigenvalue weighted by molar-refractivity contribution is 5.34. The minimum Gasteiger partial charge on any atom is -0.491 e. The second-order valence-corrected chi connectivity index (χ2v) is 4.96. The van der Waals surface area contributed by atoms with E-state index in [4.69, 9.17) is 15.7 Å². The minimum atomic E-state index is -0.821. The number of rotatable bonds is 4. The van der Waals surface area contributed by atoms with Gasteiger partial charge in [0, 0.05) is 0 Å². The van der Waals surface area contributed by atoms with Crippen LogP contribution in [0.15, 0.2) is 18.2 Å². The van der Waals surface area contributed by atoms with E-state index >= 15 is 0 Å². The van der Waals surface area contributed by atoms with Gasteiger partial charge in [0.1, 0.15) is 17.9 Å². The highest BCUT2D eigenvalue weighted by Gasteiger charge is 2.43. The zero-order valence-corrected chi connectivity index (χ0v) is 10.4. The average molecular weight is 230 g/mol. The molecule has 0 spiro atoms. The Morgan fingerprint density at radius 1 is 1.41 bits per heavy atom. The molecule has 90 valence electrons. The van der Waals surface area contributed by atoms with Gasteiger partial charge in [0.15, 0.2) is 0 Å². The third-order valence-corrected chi connectivity index (χ3v) is 3.47. The van der Waals surface area contributed by atoms with E-state index in [1.807, 2.05) is 25.1 Å². The third kappa shape index (κ3) is 2.59.